The number of piperidine rings is 1. The van der Waals surface area contributed by atoms with Crippen LogP contribution in [0.2, 0.25) is 0 Å². The maximum Gasteiger partial charge on any atom is 0.0950 e. The Morgan fingerprint density at radius 3 is 2.78 bits per heavy atom. The molecule has 4 heteroatoms. The highest BCUT2D eigenvalue weighted by Crippen LogP contribution is 2.36. The minimum absolute atomic E-state index is 0.326. The summed E-state index contributed by atoms with van der Waals surface area (Å²) in [5.41, 5.74) is 1.80. The molecule has 3 nitrogen and oxygen atoms in total. The largest absolute Gasteiger partial charge is 0.331 e. The number of hydrogen-bond acceptors (Lipinski definition) is 3. The molecule has 100 valence electrons. The number of nitrogens with one attached hydrogen (secondary N) is 1. The third-order valence-electron chi connectivity index (χ3n) is 4.58. The van der Waals surface area contributed by atoms with E-state index < -0.39 is 0 Å². The fraction of sp³-hybridized carbons (Fsp3) is 0.786. The summed E-state index contributed by atoms with van der Waals surface area (Å²) in [5.74, 6) is 2.61. The number of aromatic nitrogens is 2. The van der Waals surface area contributed by atoms with Gasteiger partial charge in [-0.15, -0.1) is 0 Å². The topological polar surface area (TPSA) is 29.9 Å². The second-order valence-corrected chi connectivity index (χ2v) is 7.07. The molecule has 3 heterocycles. The first kappa shape index (κ1) is 12.5. The van der Waals surface area contributed by atoms with E-state index in [4.69, 9.17) is 0 Å². The lowest BCUT2D eigenvalue weighted by molar-refractivity contribution is 0.304. The zero-order chi connectivity index (χ0) is 12.4. The quantitative estimate of drug-likeness (QED) is 0.891. The third kappa shape index (κ3) is 2.32. The van der Waals surface area contributed by atoms with Gasteiger partial charge in [0.2, 0.25) is 0 Å². The average Bonchev–Trinajstić information content (AvgIpc) is 2.91. The summed E-state index contributed by atoms with van der Waals surface area (Å²) < 4.78 is 2.49. The second-order valence-electron chi connectivity index (χ2n) is 5.84. The van der Waals surface area contributed by atoms with Crippen molar-refractivity contribution in [1.29, 1.82) is 0 Å². The molecule has 0 saturated carbocycles. The molecule has 0 radical (unpaired) electrons. The lowest BCUT2D eigenvalue weighted by Gasteiger charge is -2.36. The molecule has 0 unspecified atom stereocenters. The molecule has 0 atom stereocenters. The van der Waals surface area contributed by atoms with Crippen LogP contribution in [0.4, 0.5) is 0 Å². The fourth-order valence-corrected chi connectivity index (χ4v) is 4.34. The number of nitrogens with zero attached hydrogens (tertiary/aromatic N) is 2. The summed E-state index contributed by atoms with van der Waals surface area (Å²) in [7, 11) is 0. The van der Waals surface area contributed by atoms with Gasteiger partial charge in [-0.1, -0.05) is 6.92 Å². The highest BCUT2D eigenvalue weighted by molar-refractivity contribution is 7.99. The van der Waals surface area contributed by atoms with E-state index in [1.165, 1.54) is 42.9 Å². The van der Waals surface area contributed by atoms with Gasteiger partial charge in [-0.25, -0.2) is 4.98 Å². The molecule has 2 aliphatic rings. The summed E-state index contributed by atoms with van der Waals surface area (Å²) in [6.07, 6.45) is 9.28. The summed E-state index contributed by atoms with van der Waals surface area (Å²) in [6.45, 7) is 4.70. The molecule has 3 rings (SSSR count). The number of hydrogen-bond donors (Lipinski definition) is 1. The van der Waals surface area contributed by atoms with Crippen LogP contribution in [0.3, 0.4) is 0 Å². The van der Waals surface area contributed by atoms with Crippen LogP contribution < -0.4 is 5.32 Å². The van der Waals surface area contributed by atoms with Gasteiger partial charge in [-0.2, -0.15) is 11.8 Å². The Morgan fingerprint density at radius 2 is 2.06 bits per heavy atom. The van der Waals surface area contributed by atoms with E-state index in [0.717, 1.165) is 13.1 Å². The molecule has 1 N–H and O–H groups in total. The standard InChI is InChI=1S/C14H23N3S/c1-14(4-6-15-7-5-14)13-10-16-11-17(13)12-2-8-18-9-3-12/h10-12,15H,2-9H2,1H3. The van der Waals surface area contributed by atoms with Gasteiger partial charge in [0.05, 0.1) is 6.33 Å². The number of imidazole rings is 1. The van der Waals surface area contributed by atoms with Crippen LogP contribution in [-0.2, 0) is 5.41 Å². The van der Waals surface area contributed by atoms with Gasteiger partial charge < -0.3 is 9.88 Å². The van der Waals surface area contributed by atoms with Crippen LogP contribution in [0.5, 0.6) is 0 Å². The van der Waals surface area contributed by atoms with Gasteiger partial charge in [0.25, 0.3) is 0 Å². The second kappa shape index (κ2) is 5.25. The molecule has 2 aliphatic heterocycles. The molecule has 2 saturated heterocycles. The van der Waals surface area contributed by atoms with Crippen LogP contribution in [0, 0.1) is 0 Å². The summed E-state index contributed by atoms with van der Waals surface area (Å²) >= 11 is 2.09. The fourth-order valence-electron chi connectivity index (χ4n) is 3.26. The molecule has 18 heavy (non-hydrogen) atoms. The van der Waals surface area contributed by atoms with Crippen LogP contribution >= 0.6 is 11.8 Å². The summed E-state index contributed by atoms with van der Waals surface area (Å²) in [5, 5.41) is 3.47. The molecule has 2 fully saturated rings. The van der Waals surface area contributed by atoms with E-state index in [-0.39, 0.29) is 0 Å². The predicted molar refractivity (Wildman–Crippen MR) is 77.3 cm³/mol. The smallest absolute Gasteiger partial charge is 0.0950 e. The van der Waals surface area contributed by atoms with Crippen molar-refractivity contribution >= 4 is 11.8 Å². The van der Waals surface area contributed by atoms with Gasteiger partial charge in [-0.05, 0) is 50.3 Å². The Hall–Kier alpha value is -0.480. The maximum atomic E-state index is 4.45. The lowest BCUT2D eigenvalue weighted by atomic mass is 9.78. The van der Waals surface area contributed by atoms with Crippen molar-refractivity contribution in [3.05, 3.63) is 18.2 Å². The average molecular weight is 265 g/mol. The number of rotatable bonds is 2. The van der Waals surface area contributed by atoms with E-state index >= 15 is 0 Å². The summed E-state index contributed by atoms with van der Waals surface area (Å²) in [4.78, 5) is 4.45. The minimum Gasteiger partial charge on any atom is -0.331 e. The van der Waals surface area contributed by atoms with Crippen molar-refractivity contribution in [3.63, 3.8) is 0 Å². The first-order valence-corrected chi connectivity index (χ1v) is 8.26. The lowest BCUT2D eigenvalue weighted by Crippen LogP contribution is -2.39. The Balaban J connectivity index is 1.85. The Labute approximate surface area is 114 Å². The highest BCUT2D eigenvalue weighted by atomic mass is 32.2. The molecular weight excluding hydrogens is 242 g/mol. The Bertz CT molecular complexity index is 389. The van der Waals surface area contributed by atoms with Crippen molar-refractivity contribution < 1.29 is 0 Å². The molecule has 0 aromatic carbocycles. The van der Waals surface area contributed by atoms with Gasteiger partial charge in [0.15, 0.2) is 0 Å². The van der Waals surface area contributed by atoms with Crippen molar-refractivity contribution in [1.82, 2.24) is 14.9 Å². The molecule has 0 bridgehead atoms. The van der Waals surface area contributed by atoms with Crippen molar-refractivity contribution in [2.45, 2.75) is 44.1 Å². The minimum atomic E-state index is 0.326. The van der Waals surface area contributed by atoms with Crippen molar-refractivity contribution in [2.24, 2.45) is 0 Å². The predicted octanol–water partition coefficient (Wildman–Crippen LogP) is 2.59. The normalized spacial score (nSPS) is 25.2. The first-order chi connectivity index (χ1) is 8.80. The molecule has 0 amide bonds. The van der Waals surface area contributed by atoms with E-state index in [0.29, 0.717) is 11.5 Å². The summed E-state index contributed by atoms with van der Waals surface area (Å²) in [6, 6.07) is 0.690. The van der Waals surface area contributed by atoms with Crippen LogP contribution in [0.25, 0.3) is 0 Å². The van der Waals surface area contributed by atoms with Crippen molar-refractivity contribution in [3.8, 4) is 0 Å². The van der Waals surface area contributed by atoms with Gasteiger partial charge >= 0.3 is 0 Å². The zero-order valence-electron chi connectivity index (χ0n) is 11.2. The van der Waals surface area contributed by atoms with E-state index in [1.807, 2.05) is 0 Å². The number of thioether (sulfide) groups is 1. The molecule has 0 spiro atoms. The van der Waals surface area contributed by atoms with E-state index in [9.17, 15) is 0 Å². The third-order valence-corrected chi connectivity index (χ3v) is 5.62. The Kier molecular flexibility index (Phi) is 3.66. The van der Waals surface area contributed by atoms with Crippen LogP contribution in [0.1, 0.15) is 44.3 Å². The van der Waals surface area contributed by atoms with Crippen LogP contribution in [0.15, 0.2) is 12.5 Å². The zero-order valence-corrected chi connectivity index (χ0v) is 12.0. The van der Waals surface area contributed by atoms with Gasteiger partial charge in [0.1, 0.15) is 0 Å². The van der Waals surface area contributed by atoms with Crippen LogP contribution in [-0.4, -0.2) is 34.1 Å². The van der Waals surface area contributed by atoms with E-state index in [2.05, 4.69) is 46.1 Å². The monoisotopic (exact) mass is 265 g/mol. The van der Waals surface area contributed by atoms with E-state index in [1.54, 1.807) is 0 Å². The molecule has 1 aromatic rings. The highest BCUT2D eigenvalue weighted by Gasteiger charge is 2.33. The Morgan fingerprint density at radius 1 is 1.33 bits per heavy atom. The first-order valence-electron chi connectivity index (χ1n) is 7.10. The maximum absolute atomic E-state index is 4.45. The molecular formula is C14H23N3S. The van der Waals surface area contributed by atoms with Gasteiger partial charge in [0, 0.05) is 23.3 Å². The SMILES string of the molecule is CC1(c2cncn2C2CCSCC2)CCNCC1. The van der Waals surface area contributed by atoms with Gasteiger partial charge in [-0.3, -0.25) is 0 Å². The molecule has 0 aliphatic carbocycles. The van der Waals surface area contributed by atoms with Crippen molar-refractivity contribution in [2.75, 3.05) is 24.6 Å². The molecule has 1 aromatic heterocycles.